The van der Waals surface area contributed by atoms with Gasteiger partial charge in [0.05, 0.1) is 13.2 Å². The van der Waals surface area contributed by atoms with Crippen LogP contribution in [0.2, 0.25) is 0 Å². The summed E-state index contributed by atoms with van der Waals surface area (Å²) in [7, 11) is 3.69. The zero-order chi connectivity index (χ0) is 24.7. The van der Waals surface area contributed by atoms with E-state index in [4.69, 9.17) is 4.74 Å². The van der Waals surface area contributed by atoms with Crippen LogP contribution in [0.15, 0.2) is 60.7 Å². The maximum absolute atomic E-state index is 14.4. The number of carboxylic acid groups (broad SMARTS) is 1. The van der Waals surface area contributed by atoms with Crippen LogP contribution in [0.3, 0.4) is 0 Å². The maximum atomic E-state index is 14.4. The molecule has 0 N–H and O–H groups in total. The number of carbonyl (C=O) groups excluding carboxylic acids is 1. The summed E-state index contributed by atoms with van der Waals surface area (Å²) in [6.45, 7) is 1.77. The van der Waals surface area contributed by atoms with Gasteiger partial charge in [0.2, 0.25) is 0 Å². The second kappa shape index (κ2) is 11.0. The Hall–Kier alpha value is -2.34. The predicted octanol–water partition coefficient (Wildman–Crippen LogP) is 2.51. The quantitative estimate of drug-likeness (QED) is 0.473. The van der Waals surface area contributed by atoms with Gasteiger partial charge in [-0.25, -0.2) is 4.39 Å². The SMILES string of the molecule is COc1ccc(F)c(-c2ccc(C3CCc4ccc([C@H](C5CC5)[C@H](C)C(=O)[O-])cc4N3C)cc2)c1.[Na+]. The van der Waals surface area contributed by atoms with Gasteiger partial charge in [-0.05, 0) is 84.0 Å². The standard InChI is InChI=1S/C30H32FNO3.Na/c1-18(30(33)34)29(22-9-10-22)23-11-8-21-12-15-27(32(2)28(21)16-23)20-6-4-19(5-7-20)25-17-24(35-3)13-14-26(25)31;/h4-8,11,13-14,16-18,22,27,29H,9-10,12,15H2,1-3H3,(H,33,34);/q;+1/p-1/t18-,27?,29-;/m0./s1. The Labute approximate surface area is 234 Å². The average Bonchev–Trinajstić information content (AvgIpc) is 3.70. The van der Waals surface area contributed by atoms with E-state index >= 15 is 0 Å². The number of fused-ring (bicyclic) bond motifs is 1. The summed E-state index contributed by atoms with van der Waals surface area (Å²) in [5, 5.41) is 11.7. The van der Waals surface area contributed by atoms with E-state index in [1.54, 1.807) is 26.2 Å². The number of nitrogens with zero attached hydrogens (tertiary/aromatic N) is 1. The molecule has 6 heteroatoms. The van der Waals surface area contributed by atoms with Crippen molar-refractivity contribution in [3.8, 4) is 16.9 Å². The van der Waals surface area contributed by atoms with E-state index in [1.165, 1.54) is 17.2 Å². The number of carboxylic acids is 1. The molecule has 1 fully saturated rings. The first kappa shape index (κ1) is 26.7. The normalized spacial score (nSPS) is 18.6. The van der Waals surface area contributed by atoms with Crippen LogP contribution in [0, 0.1) is 17.7 Å². The molecule has 0 bridgehead atoms. The molecule has 1 saturated carbocycles. The molecule has 3 aromatic carbocycles. The van der Waals surface area contributed by atoms with Gasteiger partial charge in [0.25, 0.3) is 0 Å². The molecule has 0 saturated heterocycles. The molecule has 4 nitrogen and oxygen atoms in total. The first-order chi connectivity index (χ1) is 16.9. The number of aryl methyl sites for hydroxylation is 1. The van der Waals surface area contributed by atoms with Crippen molar-refractivity contribution in [1.82, 2.24) is 0 Å². The smallest absolute Gasteiger partial charge is 0.550 e. The zero-order valence-corrected chi connectivity index (χ0v) is 23.5. The minimum atomic E-state index is -0.974. The van der Waals surface area contributed by atoms with E-state index in [2.05, 4.69) is 42.3 Å². The van der Waals surface area contributed by atoms with Crippen molar-refractivity contribution in [2.75, 3.05) is 19.1 Å². The van der Waals surface area contributed by atoms with Crippen LogP contribution in [0.1, 0.15) is 54.8 Å². The Bertz CT molecular complexity index is 1240. The number of aliphatic carboxylic acids is 1. The minimum absolute atomic E-state index is 0. The van der Waals surface area contributed by atoms with Crippen molar-refractivity contribution in [1.29, 1.82) is 0 Å². The van der Waals surface area contributed by atoms with Crippen LogP contribution in [0.25, 0.3) is 11.1 Å². The molecule has 1 unspecified atom stereocenters. The monoisotopic (exact) mass is 495 g/mol. The first-order valence-corrected chi connectivity index (χ1v) is 12.4. The van der Waals surface area contributed by atoms with Crippen LogP contribution in [0.4, 0.5) is 10.1 Å². The molecule has 182 valence electrons. The number of ether oxygens (including phenoxy) is 1. The summed E-state index contributed by atoms with van der Waals surface area (Å²) >= 11 is 0. The van der Waals surface area contributed by atoms with Crippen molar-refractivity contribution in [2.24, 2.45) is 11.8 Å². The molecule has 0 aromatic heterocycles. The second-order valence-corrected chi connectivity index (χ2v) is 9.99. The molecule has 0 spiro atoms. The minimum Gasteiger partial charge on any atom is -0.550 e. The summed E-state index contributed by atoms with van der Waals surface area (Å²) in [6, 6.07) is 19.6. The molecule has 0 amide bonds. The molecule has 3 atom stereocenters. The Balaban J connectivity index is 0.00000304. The van der Waals surface area contributed by atoms with Gasteiger partial charge in [-0.15, -0.1) is 0 Å². The number of anilines is 1. The molecule has 3 aromatic rings. The third kappa shape index (κ3) is 5.20. The van der Waals surface area contributed by atoms with Gasteiger partial charge in [-0.1, -0.05) is 43.3 Å². The van der Waals surface area contributed by atoms with Crippen LogP contribution < -0.4 is 44.3 Å². The summed E-state index contributed by atoms with van der Waals surface area (Å²) in [5.41, 5.74) is 6.07. The predicted molar refractivity (Wildman–Crippen MR) is 134 cm³/mol. The second-order valence-electron chi connectivity index (χ2n) is 9.99. The molecule has 36 heavy (non-hydrogen) atoms. The summed E-state index contributed by atoms with van der Waals surface area (Å²) in [4.78, 5) is 14.0. The van der Waals surface area contributed by atoms with Crippen molar-refractivity contribution >= 4 is 11.7 Å². The number of benzene rings is 3. The van der Waals surface area contributed by atoms with Crippen LogP contribution in [0.5, 0.6) is 5.75 Å². The number of halogens is 1. The van der Waals surface area contributed by atoms with E-state index in [9.17, 15) is 14.3 Å². The Morgan fingerprint density at radius 2 is 1.78 bits per heavy atom. The Kier molecular flexibility index (Phi) is 8.13. The fraction of sp³-hybridized carbons (Fsp3) is 0.367. The third-order valence-electron chi connectivity index (χ3n) is 7.85. The van der Waals surface area contributed by atoms with Gasteiger partial charge in [-0.3, -0.25) is 0 Å². The van der Waals surface area contributed by atoms with Crippen molar-refractivity contribution in [3.63, 3.8) is 0 Å². The van der Waals surface area contributed by atoms with Gasteiger partial charge in [-0.2, -0.15) is 0 Å². The number of hydrogen-bond donors (Lipinski definition) is 0. The molecule has 5 rings (SSSR count). The van der Waals surface area contributed by atoms with Crippen LogP contribution in [-0.2, 0) is 11.2 Å². The van der Waals surface area contributed by atoms with Gasteiger partial charge >= 0.3 is 29.6 Å². The van der Waals surface area contributed by atoms with Crippen LogP contribution >= 0.6 is 0 Å². The summed E-state index contributed by atoms with van der Waals surface area (Å²) in [6.07, 6.45) is 4.11. The largest absolute Gasteiger partial charge is 1.00 e. The van der Waals surface area contributed by atoms with Gasteiger partial charge in [0.15, 0.2) is 0 Å². The van der Waals surface area contributed by atoms with E-state index in [0.717, 1.165) is 42.5 Å². The van der Waals surface area contributed by atoms with Crippen molar-refractivity contribution in [2.45, 2.75) is 44.6 Å². The van der Waals surface area contributed by atoms with E-state index in [0.29, 0.717) is 17.2 Å². The fourth-order valence-corrected chi connectivity index (χ4v) is 5.68. The maximum Gasteiger partial charge on any atom is 1.00 e. The van der Waals surface area contributed by atoms with Crippen LogP contribution in [-0.4, -0.2) is 20.1 Å². The molecular formula is C30H31FNNaO3. The number of hydrogen-bond acceptors (Lipinski definition) is 4. The summed E-state index contributed by atoms with van der Waals surface area (Å²) < 4.78 is 19.7. The molecule has 1 aliphatic carbocycles. The van der Waals surface area contributed by atoms with E-state index < -0.39 is 11.9 Å². The number of rotatable bonds is 7. The number of carbonyl (C=O) groups is 1. The summed E-state index contributed by atoms with van der Waals surface area (Å²) in [5.74, 6) is -0.701. The van der Waals surface area contributed by atoms with Gasteiger partial charge in [0.1, 0.15) is 11.6 Å². The topological polar surface area (TPSA) is 52.6 Å². The zero-order valence-electron chi connectivity index (χ0n) is 21.5. The first-order valence-electron chi connectivity index (χ1n) is 12.4. The Morgan fingerprint density at radius 1 is 1.06 bits per heavy atom. The van der Waals surface area contributed by atoms with Gasteiger partial charge < -0.3 is 19.5 Å². The van der Waals surface area contributed by atoms with Crippen molar-refractivity contribution < 1.29 is 48.6 Å². The number of methoxy groups -OCH3 is 1. The average molecular weight is 496 g/mol. The van der Waals surface area contributed by atoms with E-state index in [1.807, 2.05) is 12.1 Å². The fourth-order valence-electron chi connectivity index (χ4n) is 5.68. The molecular weight excluding hydrogens is 464 g/mol. The third-order valence-corrected chi connectivity index (χ3v) is 7.85. The van der Waals surface area contributed by atoms with Crippen molar-refractivity contribution in [3.05, 3.63) is 83.2 Å². The molecule has 1 aliphatic heterocycles. The molecule has 2 aliphatic rings. The van der Waals surface area contributed by atoms with E-state index in [-0.39, 0.29) is 47.3 Å². The van der Waals surface area contributed by atoms with Gasteiger partial charge in [0, 0.05) is 30.2 Å². The molecule has 1 heterocycles. The molecule has 0 radical (unpaired) electrons. The Morgan fingerprint density at radius 3 is 2.42 bits per heavy atom.